The quantitative estimate of drug-likeness (QED) is 0.920. The van der Waals surface area contributed by atoms with Crippen molar-refractivity contribution in [3.63, 3.8) is 0 Å². The van der Waals surface area contributed by atoms with Crippen molar-refractivity contribution in [3.05, 3.63) is 33.8 Å². The minimum Gasteiger partial charge on any atom is -0.380 e. The summed E-state index contributed by atoms with van der Waals surface area (Å²) in [6, 6.07) is 6.43. The van der Waals surface area contributed by atoms with Crippen molar-refractivity contribution in [3.8, 4) is 0 Å². The van der Waals surface area contributed by atoms with E-state index in [-0.39, 0.29) is 0 Å². The Bertz CT molecular complexity index is 364. The van der Waals surface area contributed by atoms with Gasteiger partial charge in [-0.25, -0.2) is 0 Å². The minimum absolute atomic E-state index is 0.689. The van der Waals surface area contributed by atoms with Gasteiger partial charge in [-0.1, -0.05) is 22.0 Å². The molecule has 3 nitrogen and oxygen atoms in total. The van der Waals surface area contributed by atoms with Crippen LogP contribution in [0.5, 0.6) is 0 Å². The lowest BCUT2D eigenvalue weighted by atomic mass is 10.1. The van der Waals surface area contributed by atoms with Crippen LogP contribution in [0.3, 0.4) is 0 Å². The maximum Gasteiger partial charge on any atom is 0.0716 e. The minimum atomic E-state index is 0.689. The number of ether oxygens (including phenoxy) is 1. The van der Waals surface area contributed by atoms with Crippen LogP contribution in [0.4, 0.5) is 0 Å². The van der Waals surface area contributed by atoms with Crippen molar-refractivity contribution in [1.82, 2.24) is 10.2 Å². The molecule has 1 saturated heterocycles. The van der Waals surface area contributed by atoms with E-state index in [2.05, 4.69) is 44.3 Å². The van der Waals surface area contributed by atoms with E-state index in [1.165, 1.54) is 11.1 Å². The molecule has 0 spiro atoms. The van der Waals surface area contributed by atoms with Crippen molar-refractivity contribution in [2.24, 2.45) is 0 Å². The molecule has 4 heteroatoms. The molecule has 1 heterocycles. The molecule has 0 aliphatic carbocycles. The van der Waals surface area contributed by atoms with E-state index in [0.717, 1.165) is 37.2 Å². The van der Waals surface area contributed by atoms with Gasteiger partial charge >= 0.3 is 0 Å². The first-order valence-electron chi connectivity index (χ1n) is 5.99. The summed E-state index contributed by atoms with van der Waals surface area (Å²) in [4.78, 5) is 2.48. The van der Waals surface area contributed by atoms with Gasteiger partial charge in [0, 0.05) is 44.3 Å². The molecule has 0 saturated carbocycles. The van der Waals surface area contributed by atoms with Gasteiger partial charge in [0.2, 0.25) is 0 Å². The number of nitrogens with one attached hydrogen (secondary N) is 1. The van der Waals surface area contributed by atoms with Gasteiger partial charge in [-0.2, -0.15) is 0 Å². The molecule has 1 aliphatic rings. The van der Waals surface area contributed by atoms with E-state index < -0.39 is 0 Å². The maximum atomic E-state index is 5.25. The van der Waals surface area contributed by atoms with Gasteiger partial charge in [0.05, 0.1) is 6.61 Å². The van der Waals surface area contributed by atoms with Gasteiger partial charge < -0.3 is 10.1 Å². The van der Waals surface area contributed by atoms with Gasteiger partial charge in [0.15, 0.2) is 0 Å². The molecule has 0 amide bonds. The number of benzene rings is 1. The highest BCUT2D eigenvalue weighted by Crippen LogP contribution is 2.19. The summed E-state index contributed by atoms with van der Waals surface area (Å²) < 4.78 is 6.39. The van der Waals surface area contributed by atoms with Crippen LogP contribution >= 0.6 is 15.9 Å². The third-order valence-electron chi connectivity index (χ3n) is 3.07. The molecule has 1 N–H and O–H groups in total. The predicted molar refractivity (Wildman–Crippen MR) is 73.0 cm³/mol. The van der Waals surface area contributed by atoms with E-state index in [0.29, 0.717) is 6.61 Å². The zero-order valence-corrected chi connectivity index (χ0v) is 11.8. The van der Waals surface area contributed by atoms with E-state index in [1.807, 2.05) is 0 Å². The summed E-state index contributed by atoms with van der Waals surface area (Å²) in [5, 5.41) is 3.38. The van der Waals surface area contributed by atoms with E-state index >= 15 is 0 Å². The van der Waals surface area contributed by atoms with Crippen LogP contribution in [0.15, 0.2) is 22.7 Å². The number of methoxy groups -OCH3 is 1. The number of rotatable bonds is 4. The fourth-order valence-corrected chi connectivity index (χ4v) is 2.56. The highest BCUT2D eigenvalue weighted by Gasteiger charge is 2.12. The molecule has 0 bridgehead atoms. The Morgan fingerprint density at radius 3 is 2.76 bits per heavy atom. The molecule has 2 rings (SSSR count). The summed E-state index contributed by atoms with van der Waals surface area (Å²) in [6.45, 7) is 6.13. The van der Waals surface area contributed by atoms with Crippen LogP contribution in [0.1, 0.15) is 11.1 Å². The van der Waals surface area contributed by atoms with Crippen molar-refractivity contribution in [1.29, 1.82) is 0 Å². The fourth-order valence-electron chi connectivity index (χ4n) is 2.15. The number of nitrogens with zero attached hydrogens (tertiary/aromatic N) is 1. The molecule has 1 aromatic carbocycles. The zero-order valence-electron chi connectivity index (χ0n) is 10.2. The summed E-state index contributed by atoms with van der Waals surface area (Å²) in [5.41, 5.74) is 2.65. The number of piperazine rings is 1. The molecule has 0 atom stereocenters. The van der Waals surface area contributed by atoms with Gasteiger partial charge in [-0.05, 0) is 23.3 Å². The second-order valence-electron chi connectivity index (χ2n) is 4.37. The Hall–Kier alpha value is -0.420. The Morgan fingerprint density at radius 1 is 1.29 bits per heavy atom. The Morgan fingerprint density at radius 2 is 2.06 bits per heavy atom. The first kappa shape index (κ1) is 13.0. The summed E-state index contributed by atoms with van der Waals surface area (Å²) >= 11 is 3.54. The normalized spacial score (nSPS) is 17.3. The third kappa shape index (κ3) is 3.78. The van der Waals surface area contributed by atoms with Crippen LogP contribution in [0, 0.1) is 0 Å². The summed E-state index contributed by atoms with van der Waals surface area (Å²) in [5.74, 6) is 0. The lowest BCUT2D eigenvalue weighted by molar-refractivity contribution is 0.181. The summed E-state index contributed by atoms with van der Waals surface area (Å²) in [6.07, 6.45) is 0. The number of hydrogen-bond donors (Lipinski definition) is 1. The topological polar surface area (TPSA) is 24.5 Å². The largest absolute Gasteiger partial charge is 0.380 e. The van der Waals surface area contributed by atoms with Crippen molar-refractivity contribution >= 4 is 15.9 Å². The van der Waals surface area contributed by atoms with Gasteiger partial charge in [0.25, 0.3) is 0 Å². The zero-order chi connectivity index (χ0) is 12.1. The molecule has 17 heavy (non-hydrogen) atoms. The smallest absolute Gasteiger partial charge is 0.0716 e. The molecule has 0 unspecified atom stereocenters. The van der Waals surface area contributed by atoms with Crippen LogP contribution in [0.25, 0.3) is 0 Å². The first-order chi connectivity index (χ1) is 8.29. The molecule has 1 fully saturated rings. The Labute approximate surface area is 111 Å². The second-order valence-corrected chi connectivity index (χ2v) is 5.29. The molecule has 1 aromatic rings. The molecular formula is C13H19BrN2O. The standard InChI is InChI=1S/C13H19BrN2O/c1-17-10-11-2-3-13(14)8-12(11)9-16-6-4-15-5-7-16/h2-3,8,15H,4-7,9-10H2,1H3. The van der Waals surface area contributed by atoms with E-state index in [4.69, 9.17) is 4.74 Å². The van der Waals surface area contributed by atoms with Crippen LogP contribution in [-0.4, -0.2) is 38.2 Å². The average Bonchev–Trinajstić information content (AvgIpc) is 2.34. The monoisotopic (exact) mass is 298 g/mol. The average molecular weight is 299 g/mol. The van der Waals surface area contributed by atoms with Crippen molar-refractivity contribution < 1.29 is 4.74 Å². The summed E-state index contributed by atoms with van der Waals surface area (Å²) in [7, 11) is 1.75. The van der Waals surface area contributed by atoms with Gasteiger partial charge in [-0.15, -0.1) is 0 Å². The SMILES string of the molecule is COCc1ccc(Br)cc1CN1CCNCC1. The molecule has 94 valence electrons. The predicted octanol–water partition coefficient (Wildman–Crippen LogP) is 2.00. The molecule has 0 aromatic heterocycles. The van der Waals surface area contributed by atoms with Crippen LogP contribution < -0.4 is 5.32 Å². The maximum absolute atomic E-state index is 5.25. The lowest BCUT2D eigenvalue weighted by Crippen LogP contribution is -2.43. The third-order valence-corrected chi connectivity index (χ3v) is 3.56. The van der Waals surface area contributed by atoms with Crippen molar-refractivity contribution in [2.75, 3.05) is 33.3 Å². The molecule has 0 radical (unpaired) electrons. The number of hydrogen-bond acceptors (Lipinski definition) is 3. The Balaban J connectivity index is 2.08. The van der Waals surface area contributed by atoms with Crippen molar-refractivity contribution in [2.45, 2.75) is 13.2 Å². The van der Waals surface area contributed by atoms with Gasteiger partial charge in [-0.3, -0.25) is 4.90 Å². The fraction of sp³-hybridized carbons (Fsp3) is 0.538. The lowest BCUT2D eigenvalue weighted by Gasteiger charge is -2.28. The van der Waals surface area contributed by atoms with Crippen LogP contribution in [-0.2, 0) is 17.9 Å². The highest BCUT2D eigenvalue weighted by molar-refractivity contribution is 9.10. The highest BCUT2D eigenvalue weighted by atomic mass is 79.9. The first-order valence-corrected chi connectivity index (χ1v) is 6.78. The number of halogens is 1. The Kier molecular flexibility index (Phi) is 4.98. The van der Waals surface area contributed by atoms with E-state index in [9.17, 15) is 0 Å². The van der Waals surface area contributed by atoms with Gasteiger partial charge in [0.1, 0.15) is 0 Å². The van der Waals surface area contributed by atoms with E-state index in [1.54, 1.807) is 7.11 Å². The second kappa shape index (κ2) is 6.50. The van der Waals surface area contributed by atoms with Crippen LogP contribution in [0.2, 0.25) is 0 Å². The molecular weight excluding hydrogens is 280 g/mol. The molecule has 1 aliphatic heterocycles.